The average molecular weight is 559 g/mol. The summed E-state index contributed by atoms with van der Waals surface area (Å²) in [6.07, 6.45) is 1.50. The van der Waals surface area contributed by atoms with Gasteiger partial charge in [-0.25, -0.2) is 8.78 Å². The number of nitrogens with zero attached hydrogens (tertiary/aromatic N) is 2. The van der Waals surface area contributed by atoms with Gasteiger partial charge in [0.1, 0.15) is 11.6 Å². The third kappa shape index (κ3) is 5.59. The van der Waals surface area contributed by atoms with E-state index in [4.69, 9.17) is 39.5 Å². The van der Waals surface area contributed by atoms with Crippen molar-refractivity contribution >= 4 is 46.5 Å². The van der Waals surface area contributed by atoms with Gasteiger partial charge in [0.25, 0.3) is 5.91 Å². The third-order valence-corrected chi connectivity index (χ3v) is 5.99. The Morgan fingerprint density at radius 3 is 2.14 bits per heavy atom. The van der Waals surface area contributed by atoms with E-state index in [-0.39, 0.29) is 29.0 Å². The average Bonchev–Trinajstić information content (AvgIpc) is 3.19. The van der Waals surface area contributed by atoms with Crippen molar-refractivity contribution in [2.75, 3.05) is 5.32 Å². The molecule has 0 aliphatic heterocycles. The van der Waals surface area contributed by atoms with E-state index < -0.39 is 41.5 Å². The highest BCUT2D eigenvalue weighted by molar-refractivity contribution is 6.36. The monoisotopic (exact) mass is 557 g/mol. The summed E-state index contributed by atoms with van der Waals surface area (Å²) in [7, 11) is 0. The molecule has 36 heavy (non-hydrogen) atoms. The molecule has 1 aromatic heterocycles. The lowest BCUT2D eigenvalue weighted by molar-refractivity contribution is 0.102. The van der Waals surface area contributed by atoms with E-state index in [0.717, 1.165) is 0 Å². The van der Waals surface area contributed by atoms with Crippen molar-refractivity contribution in [2.24, 2.45) is 0 Å². The highest BCUT2D eigenvalue weighted by Gasteiger charge is 2.21. The molecule has 0 fully saturated rings. The molecule has 12 heteroatoms. The van der Waals surface area contributed by atoms with Crippen molar-refractivity contribution in [3.8, 4) is 5.75 Å². The summed E-state index contributed by atoms with van der Waals surface area (Å²) in [5.41, 5.74) is 1.23. The number of benzene rings is 3. The van der Waals surface area contributed by atoms with E-state index >= 15 is 0 Å². The zero-order chi connectivity index (χ0) is 26.0. The Balaban J connectivity index is 1.41. The Morgan fingerprint density at radius 1 is 0.917 bits per heavy atom. The zero-order valence-corrected chi connectivity index (χ0v) is 20.2. The fourth-order valence-corrected chi connectivity index (χ4v) is 3.89. The first-order valence-corrected chi connectivity index (χ1v) is 11.3. The van der Waals surface area contributed by atoms with Crippen LogP contribution >= 0.6 is 34.8 Å². The molecule has 3 aromatic carbocycles. The second kappa shape index (κ2) is 10.8. The van der Waals surface area contributed by atoms with Gasteiger partial charge in [-0.1, -0.05) is 53.0 Å². The van der Waals surface area contributed by atoms with Crippen LogP contribution in [0.1, 0.15) is 21.5 Å². The van der Waals surface area contributed by atoms with E-state index in [9.17, 15) is 22.4 Å². The van der Waals surface area contributed by atoms with Crippen molar-refractivity contribution in [1.82, 2.24) is 9.78 Å². The van der Waals surface area contributed by atoms with Crippen LogP contribution in [0.25, 0.3) is 0 Å². The molecular formula is C24H14Cl3F4N3O2. The molecule has 4 aromatic rings. The second-order valence-corrected chi connectivity index (χ2v) is 8.68. The van der Waals surface area contributed by atoms with E-state index in [1.165, 1.54) is 35.1 Å². The number of hydrogen-bond donors (Lipinski definition) is 1. The Kier molecular flexibility index (Phi) is 7.73. The van der Waals surface area contributed by atoms with Gasteiger partial charge < -0.3 is 10.1 Å². The number of carbonyl (C=O) groups excluding carboxylic acids is 1. The van der Waals surface area contributed by atoms with Gasteiger partial charge >= 0.3 is 0 Å². The van der Waals surface area contributed by atoms with Gasteiger partial charge in [0.2, 0.25) is 11.6 Å². The topological polar surface area (TPSA) is 56.2 Å². The van der Waals surface area contributed by atoms with Gasteiger partial charge in [-0.2, -0.15) is 13.9 Å². The molecule has 5 nitrogen and oxygen atoms in total. The van der Waals surface area contributed by atoms with Crippen LogP contribution in [0.5, 0.6) is 5.75 Å². The molecule has 0 spiro atoms. The minimum absolute atomic E-state index is 0.0895. The van der Waals surface area contributed by atoms with Crippen LogP contribution in [0, 0.1) is 23.3 Å². The summed E-state index contributed by atoms with van der Waals surface area (Å²) in [6.45, 7) is -0.182. The Labute approximate surface area is 217 Å². The van der Waals surface area contributed by atoms with Crippen LogP contribution in [0.2, 0.25) is 15.1 Å². The number of anilines is 1. The number of amides is 1. The Bertz CT molecular complexity index is 1400. The Hall–Kier alpha value is -3.27. The highest BCUT2D eigenvalue weighted by atomic mass is 35.5. The van der Waals surface area contributed by atoms with Crippen molar-refractivity contribution < 1.29 is 27.1 Å². The van der Waals surface area contributed by atoms with Crippen LogP contribution in [0.4, 0.5) is 23.4 Å². The highest BCUT2D eigenvalue weighted by Crippen LogP contribution is 2.28. The number of carbonyl (C=O) groups is 1. The number of aromatic nitrogens is 2. The van der Waals surface area contributed by atoms with E-state index in [1.54, 1.807) is 18.2 Å². The van der Waals surface area contributed by atoms with Gasteiger partial charge in [0, 0.05) is 33.4 Å². The zero-order valence-electron chi connectivity index (χ0n) is 18.0. The molecule has 1 N–H and O–H groups in total. The number of nitrogens with one attached hydrogen (secondary N) is 1. The van der Waals surface area contributed by atoms with Crippen molar-refractivity contribution in [2.45, 2.75) is 13.2 Å². The van der Waals surface area contributed by atoms with Crippen LogP contribution in [-0.2, 0) is 13.2 Å². The lowest BCUT2D eigenvalue weighted by Crippen LogP contribution is -2.13. The van der Waals surface area contributed by atoms with Crippen molar-refractivity contribution in [3.63, 3.8) is 0 Å². The summed E-state index contributed by atoms with van der Waals surface area (Å²) in [4.78, 5) is 12.6. The molecule has 1 amide bonds. The molecular weight excluding hydrogens is 545 g/mol. The molecule has 0 atom stereocenters. The summed E-state index contributed by atoms with van der Waals surface area (Å²) < 4.78 is 60.5. The molecule has 0 aliphatic rings. The van der Waals surface area contributed by atoms with Crippen molar-refractivity contribution in [3.05, 3.63) is 110 Å². The van der Waals surface area contributed by atoms with Crippen LogP contribution < -0.4 is 10.1 Å². The van der Waals surface area contributed by atoms with Crippen molar-refractivity contribution in [1.29, 1.82) is 0 Å². The number of hydrogen-bond acceptors (Lipinski definition) is 3. The molecule has 4 rings (SSSR count). The summed E-state index contributed by atoms with van der Waals surface area (Å²) in [6, 6.07) is 10.9. The summed E-state index contributed by atoms with van der Waals surface area (Å²) >= 11 is 18.6. The van der Waals surface area contributed by atoms with Gasteiger partial charge in [0.05, 0.1) is 6.54 Å². The second-order valence-electron chi connectivity index (χ2n) is 7.46. The maximum absolute atomic E-state index is 13.7. The SMILES string of the molecule is O=C(Nc1nn(Cc2c(Cl)cccc2Cl)cc1Cl)c1ccc(COc2c(F)c(F)cc(F)c2F)cc1. The Morgan fingerprint density at radius 2 is 1.53 bits per heavy atom. The van der Waals surface area contributed by atoms with Gasteiger partial charge in [-0.05, 0) is 29.8 Å². The molecule has 0 unspecified atom stereocenters. The maximum Gasteiger partial charge on any atom is 0.256 e. The molecule has 0 aliphatic carbocycles. The number of rotatable bonds is 7. The quantitative estimate of drug-likeness (QED) is 0.192. The van der Waals surface area contributed by atoms with E-state index in [1.807, 2.05) is 0 Å². The van der Waals surface area contributed by atoms with Gasteiger partial charge in [0.15, 0.2) is 23.2 Å². The fourth-order valence-electron chi connectivity index (χ4n) is 3.17. The van der Waals surface area contributed by atoms with Crippen LogP contribution in [-0.4, -0.2) is 15.7 Å². The van der Waals surface area contributed by atoms with E-state index in [2.05, 4.69) is 10.4 Å². The molecule has 0 radical (unpaired) electrons. The first-order valence-electron chi connectivity index (χ1n) is 10.2. The third-order valence-electron chi connectivity index (χ3n) is 5.00. The minimum Gasteiger partial charge on any atom is -0.483 e. The van der Waals surface area contributed by atoms with Gasteiger partial charge in [-0.15, -0.1) is 0 Å². The predicted octanol–water partition coefficient (Wildman–Crippen LogP) is 7.28. The summed E-state index contributed by atoms with van der Waals surface area (Å²) in [5, 5.41) is 7.93. The van der Waals surface area contributed by atoms with E-state index in [0.29, 0.717) is 21.2 Å². The standard InChI is InChI=1S/C24H14Cl3F4N3O2/c25-15-2-1-3-16(26)14(15)9-34-10-17(27)23(33-34)32-24(35)13-6-4-12(5-7-13)11-36-22-20(30)18(28)8-19(29)21(22)31/h1-8,10H,9,11H2,(H,32,33,35). The minimum atomic E-state index is -1.64. The largest absolute Gasteiger partial charge is 0.483 e. The molecule has 0 bridgehead atoms. The lowest BCUT2D eigenvalue weighted by Gasteiger charge is -2.10. The van der Waals surface area contributed by atoms with Crippen LogP contribution in [0.3, 0.4) is 0 Å². The normalized spacial score (nSPS) is 11.0. The molecule has 186 valence electrons. The number of ether oxygens (including phenoxy) is 1. The fraction of sp³-hybridized carbons (Fsp3) is 0.0833. The summed E-state index contributed by atoms with van der Waals surface area (Å²) in [5.74, 6) is -8.03. The lowest BCUT2D eigenvalue weighted by atomic mass is 10.1. The molecule has 0 saturated heterocycles. The molecule has 0 saturated carbocycles. The van der Waals surface area contributed by atoms with Gasteiger partial charge in [-0.3, -0.25) is 9.48 Å². The number of halogens is 7. The smallest absolute Gasteiger partial charge is 0.256 e. The van der Waals surface area contributed by atoms with Crippen LogP contribution in [0.15, 0.2) is 54.7 Å². The first kappa shape index (κ1) is 25.8. The first-order chi connectivity index (χ1) is 17.1. The predicted molar refractivity (Wildman–Crippen MR) is 128 cm³/mol. The maximum atomic E-state index is 13.7. The molecule has 1 heterocycles.